The summed E-state index contributed by atoms with van der Waals surface area (Å²) >= 11 is 0. The van der Waals surface area contributed by atoms with E-state index in [2.05, 4.69) is 5.32 Å². The largest absolute Gasteiger partial charge is 0.369 e. The molecule has 1 amide bonds. The first-order chi connectivity index (χ1) is 9.71. The average Bonchev–Trinajstić information content (AvgIpc) is 2.46. The maximum absolute atomic E-state index is 13.8. The molecule has 1 spiro atoms. The first-order valence-electron chi connectivity index (χ1n) is 7.04. The molecule has 0 bridgehead atoms. The highest BCUT2D eigenvalue weighted by atomic mass is 19.1. The van der Waals surface area contributed by atoms with Gasteiger partial charge in [-0.15, -0.1) is 0 Å². The molecule has 2 fully saturated rings. The number of piperidine rings is 1. The van der Waals surface area contributed by atoms with Crippen LogP contribution in [0.1, 0.15) is 18.4 Å². The number of benzene rings is 1. The van der Waals surface area contributed by atoms with E-state index in [9.17, 15) is 9.18 Å². The van der Waals surface area contributed by atoms with Crippen LogP contribution in [0.15, 0.2) is 24.3 Å². The van der Waals surface area contributed by atoms with Crippen molar-refractivity contribution in [2.45, 2.75) is 24.9 Å². The van der Waals surface area contributed by atoms with Gasteiger partial charge < -0.3 is 15.0 Å². The molecule has 3 rings (SSSR count). The van der Waals surface area contributed by atoms with E-state index in [1.807, 2.05) is 0 Å². The molecule has 1 aromatic rings. The molecule has 0 aliphatic carbocycles. The molecule has 0 saturated carbocycles. The SMILES string of the molecule is O=C1COCC2(CCCNC2)N1Cc1ccccc1F. The van der Waals surface area contributed by atoms with Gasteiger partial charge in [0, 0.05) is 18.7 Å². The summed E-state index contributed by atoms with van der Waals surface area (Å²) in [5, 5.41) is 3.33. The molecular formula is C15H19FN2O2. The molecule has 2 heterocycles. The first-order valence-corrected chi connectivity index (χ1v) is 7.04. The number of rotatable bonds is 2. The quantitative estimate of drug-likeness (QED) is 0.887. The summed E-state index contributed by atoms with van der Waals surface area (Å²) in [6.45, 7) is 2.61. The lowest BCUT2D eigenvalue weighted by Gasteiger charge is -2.49. The van der Waals surface area contributed by atoms with Crippen molar-refractivity contribution < 1.29 is 13.9 Å². The van der Waals surface area contributed by atoms with Crippen molar-refractivity contribution in [2.24, 2.45) is 0 Å². The molecule has 1 atom stereocenters. The number of hydrogen-bond acceptors (Lipinski definition) is 3. The van der Waals surface area contributed by atoms with Crippen LogP contribution >= 0.6 is 0 Å². The van der Waals surface area contributed by atoms with Gasteiger partial charge in [0.25, 0.3) is 0 Å². The number of hydrogen-bond donors (Lipinski definition) is 1. The van der Waals surface area contributed by atoms with E-state index in [1.165, 1.54) is 6.07 Å². The van der Waals surface area contributed by atoms with Crippen LogP contribution in [0.25, 0.3) is 0 Å². The number of ether oxygens (including phenoxy) is 1. The van der Waals surface area contributed by atoms with Crippen LogP contribution in [0.2, 0.25) is 0 Å². The second-order valence-electron chi connectivity index (χ2n) is 5.57. The van der Waals surface area contributed by atoms with Crippen molar-refractivity contribution >= 4 is 5.91 Å². The minimum absolute atomic E-state index is 0.0526. The van der Waals surface area contributed by atoms with Crippen molar-refractivity contribution in [2.75, 3.05) is 26.3 Å². The third-order valence-corrected chi connectivity index (χ3v) is 4.21. The zero-order valence-electron chi connectivity index (χ0n) is 11.4. The van der Waals surface area contributed by atoms with Gasteiger partial charge in [-0.1, -0.05) is 18.2 Å². The van der Waals surface area contributed by atoms with Crippen LogP contribution in [0.3, 0.4) is 0 Å². The predicted molar refractivity (Wildman–Crippen MR) is 72.6 cm³/mol. The van der Waals surface area contributed by atoms with E-state index >= 15 is 0 Å². The molecule has 1 N–H and O–H groups in total. The minimum Gasteiger partial charge on any atom is -0.369 e. The normalized spacial score (nSPS) is 27.1. The van der Waals surface area contributed by atoms with Crippen LogP contribution in [0.4, 0.5) is 4.39 Å². The van der Waals surface area contributed by atoms with Gasteiger partial charge in [-0.05, 0) is 25.5 Å². The highest BCUT2D eigenvalue weighted by Crippen LogP contribution is 2.30. The lowest BCUT2D eigenvalue weighted by molar-refractivity contribution is -0.161. The molecule has 2 aliphatic rings. The number of amides is 1. The highest BCUT2D eigenvalue weighted by Gasteiger charge is 2.44. The van der Waals surface area contributed by atoms with Gasteiger partial charge in [0.05, 0.1) is 12.1 Å². The van der Waals surface area contributed by atoms with Crippen molar-refractivity contribution in [3.8, 4) is 0 Å². The zero-order chi connectivity index (χ0) is 14.0. The van der Waals surface area contributed by atoms with Crippen molar-refractivity contribution in [3.63, 3.8) is 0 Å². The Morgan fingerprint density at radius 3 is 3.00 bits per heavy atom. The average molecular weight is 278 g/mol. The van der Waals surface area contributed by atoms with Gasteiger partial charge in [-0.2, -0.15) is 0 Å². The molecule has 5 heteroatoms. The van der Waals surface area contributed by atoms with Crippen LogP contribution < -0.4 is 5.32 Å². The van der Waals surface area contributed by atoms with Crippen molar-refractivity contribution in [1.29, 1.82) is 0 Å². The van der Waals surface area contributed by atoms with Crippen molar-refractivity contribution in [1.82, 2.24) is 10.2 Å². The van der Waals surface area contributed by atoms with Gasteiger partial charge in [-0.3, -0.25) is 4.79 Å². The molecule has 2 saturated heterocycles. The smallest absolute Gasteiger partial charge is 0.249 e. The van der Waals surface area contributed by atoms with Gasteiger partial charge in [0.2, 0.25) is 5.91 Å². The maximum Gasteiger partial charge on any atom is 0.249 e. The summed E-state index contributed by atoms with van der Waals surface area (Å²) in [7, 11) is 0. The molecule has 20 heavy (non-hydrogen) atoms. The summed E-state index contributed by atoms with van der Waals surface area (Å²) in [6, 6.07) is 6.64. The standard InChI is InChI=1S/C15H19FN2O2/c16-13-5-2-1-4-12(13)8-18-14(19)9-20-11-15(18)6-3-7-17-10-15/h1-2,4-5,17H,3,6-11H2. The Labute approximate surface area is 117 Å². The Balaban J connectivity index is 1.87. The van der Waals surface area contributed by atoms with Gasteiger partial charge >= 0.3 is 0 Å². The van der Waals surface area contributed by atoms with E-state index < -0.39 is 0 Å². The monoisotopic (exact) mass is 278 g/mol. The lowest BCUT2D eigenvalue weighted by atomic mass is 9.87. The molecule has 4 nitrogen and oxygen atoms in total. The molecular weight excluding hydrogens is 259 g/mol. The number of halogens is 1. The Kier molecular flexibility index (Phi) is 3.72. The minimum atomic E-state index is -0.324. The Morgan fingerprint density at radius 1 is 1.40 bits per heavy atom. The molecule has 108 valence electrons. The lowest BCUT2D eigenvalue weighted by Crippen LogP contribution is -2.65. The summed E-state index contributed by atoms with van der Waals surface area (Å²) in [4.78, 5) is 14.0. The fraction of sp³-hybridized carbons (Fsp3) is 0.533. The fourth-order valence-electron chi connectivity index (χ4n) is 3.11. The Hall–Kier alpha value is -1.46. The number of carbonyl (C=O) groups is 1. The maximum atomic E-state index is 13.8. The molecule has 0 radical (unpaired) electrons. The van der Waals surface area contributed by atoms with E-state index in [0.29, 0.717) is 25.3 Å². The number of nitrogens with zero attached hydrogens (tertiary/aromatic N) is 1. The fourth-order valence-corrected chi connectivity index (χ4v) is 3.11. The molecule has 2 aliphatic heterocycles. The van der Waals surface area contributed by atoms with E-state index in [-0.39, 0.29) is 23.9 Å². The highest BCUT2D eigenvalue weighted by molar-refractivity contribution is 5.79. The topological polar surface area (TPSA) is 41.6 Å². The van der Waals surface area contributed by atoms with E-state index in [1.54, 1.807) is 23.1 Å². The van der Waals surface area contributed by atoms with E-state index in [4.69, 9.17) is 4.74 Å². The summed E-state index contributed by atoms with van der Waals surface area (Å²) in [6.07, 6.45) is 1.91. The van der Waals surface area contributed by atoms with Crippen LogP contribution in [-0.2, 0) is 16.1 Å². The third kappa shape index (κ3) is 2.43. The van der Waals surface area contributed by atoms with Gasteiger partial charge in [-0.25, -0.2) is 4.39 Å². The number of carbonyl (C=O) groups excluding carboxylic acids is 1. The second kappa shape index (κ2) is 5.50. The van der Waals surface area contributed by atoms with Crippen molar-refractivity contribution in [3.05, 3.63) is 35.6 Å². The predicted octanol–water partition coefficient (Wildman–Crippen LogP) is 1.31. The zero-order valence-corrected chi connectivity index (χ0v) is 11.4. The number of nitrogens with one attached hydrogen (secondary N) is 1. The van der Waals surface area contributed by atoms with Crippen LogP contribution in [-0.4, -0.2) is 42.6 Å². The molecule has 0 aromatic heterocycles. The van der Waals surface area contributed by atoms with E-state index in [0.717, 1.165) is 19.4 Å². The Bertz CT molecular complexity index is 495. The van der Waals surface area contributed by atoms with Crippen LogP contribution in [0, 0.1) is 5.82 Å². The van der Waals surface area contributed by atoms with Gasteiger partial charge in [0.1, 0.15) is 12.4 Å². The second-order valence-corrected chi connectivity index (χ2v) is 5.57. The first kappa shape index (κ1) is 13.5. The summed E-state index contributed by atoms with van der Waals surface area (Å²) in [5.41, 5.74) is 0.239. The summed E-state index contributed by atoms with van der Waals surface area (Å²) in [5.74, 6) is -0.311. The van der Waals surface area contributed by atoms with Gasteiger partial charge in [0.15, 0.2) is 0 Å². The van der Waals surface area contributed by atoms with Crippen LogP contribution in [0.5, 0.6) is 0 Å². The molecule has 1 unspecified atom stereocenters. The molecule has 1 aromatic carbocycles. The third-order valence-electron chi connectivity index (χ3n) is 4.21. The number of morpholine rings is 1. The summed E-state index contributed by atoms with van der Waals surface area (Å²) < 4.78 is 19.3. The Morgan fingerprint density at radius 2 is 2.25 bits per heavy atom.